The van der Waals surface area contributed by atoms with Gasteiger partial charge in [-0.05, 0) is 86.8 Å². The number of primary amides is 2. The maximum absolute atomic E-state index is 15.0. The number of carbonyl (C=O) groups excluding carboxylic acids is 14. The standard InChI is InChI=1S/C84H127N21O21/c1-6-7-8-9-10-11-12-13-14-15-16-17-21-32-67(111)104-70(49(5)107)81(124)101-58(39-50-26-19-18-20-27-50)78(121)105-69(47(2)3)80(123)94-48(4)71(114)97-62(44-68(112)113)77(120)98-59(41-52-45-93-55-29-23-22-28-54(52)55)74(117)95-56(30-24-37-91-83(87)88)72(115)99-61(43-66(86)110)76(119)103-64(46-106)79(122)100-60(42-65(85)109)75(118)96-57(31-25-38-92-84(89)90)73(116)102-63(82(125)126)40-51-33-35-53(108)36-34-51/h18-20,22-23,26-29,33-36,45,47-49,56-64,69-70,93,106-108H,6-17,21,24-25,30-32,37-44,46H2,1-5H3,(H2,85,109)(H2,86,110)(H,94,123)(H,95,117)(H,96,118)(H,97,114)(H,98,120)(H,99,115)(H,100,122)(H,101,124)(H,102,116)(H,103,119)(H,104,111)(H,105,121)(H,112,113)(H,125,126)(H4,87,88,91)(H4,89,90,92)/t48-,49+,56-,57-,58-,59-,60-,61-,62-,63-,64-,69-,70-/m0/s1. The van der Waals surface area contributed by atoms with Gasteiger partial charge in [-0.3, -0.25) is 82.7 Å². The summed E-state index contributed by atoms with van der Waals surface area (Å²) >= 11 is 0. The summed E-state index contributed by atoms with van der Waals surface area (Å²) in [5.41, 5.74) is 23.8. The van der Waals surface area contributed by atoms with E-state index in [1.165, 1.54) is 89.3 Å². The number of carbonyl (C=O) groups is 16. The fourth-order valence-corrected chi connectivity index (χ4v) is 13.4. The van der Waals surface area contributed by atoms with Gasteiger partial charge in [-0.25, -0.2) is 4.79 Å². The first-order chi connectivity index (χ1) is 59.8. The molecule has 0 fully saturated rings. The number of benzene rings is 3. The lowest BCUT2D eigenvalue weighted by molar-refractivity contribution is -0.142. The van der Waals surface area contributed by atoms with Crippen LogP contribution in [0.4, 0.5) is 0 Å². The number of carboxylic acid groups (broad SMARTS) is 2. The molecule has 126 heavy (non-hydrogen) atoms. The van der Waals surface area contributed by atoms with E-state index in [9.17, 15) is 102 Å². The molecule has 694 valence electrons. The predicted molar refractivity (Wildman–Crippen MR) is 463 cm³/mol. The second kappa shape index (κ2) is 56.0. The van der Waals surface area contributed by atoms with E-state index in [1.807, 2.05) is 0 Å². The van der Waals surface area contributed by atoms with E-state index in [-0.39, 0.29) is 57.4 Å². The van der Waals surface area contributed by atoms with Crippen LogP contribution in [0.2, 0.25) is 0 Å². The van der Waals surface area contributed by atoms with Crippen LogP contribution >= 0.6 is 0 Å². The molecule has 0 aliphatic rings. The quantitative estimate of drug-likeness (QED) is 0.0130. The second-order valence-corrected chi connectivity index (χ2v) is 31.3. The predicted octanol–water partition coefficient (Wildman–Crippen LogP) is -1.91. The van der Waals surface area contributed by atoms with Gasteiger partial charge < -0.3 is 128 Å². The minimum Gasteiger partial charge on any atom is -0.508 e. The second-order valence-electron chi connectivity index (χ2n) is 31.3. The van der Waals surface area contributed by atoms with Crippen LogP contribution in [0.25, 0.3) is 10.9 Å². The Morgan fingerprint density at radius 1 is 0.405 bits per heavy atom. The summed E-state index contributed by atoms with van der Waals surface area (Å²) in [6.45, 7) is 6.32. The normalized spacial score (nSPS) is 14.2. The van der Waals surface area contributed by atoms with Crippen molar-refractivity contribution in [2.24, 2.45) is 28.9 Å². The van der Waals surface area contributed by atoms with Gasteiger partial charge in [-0.1, -0.05) is 158 Å². The number of fused-ring (bicyclic) bond motifs is 1. The van der Waals surface area contributed by atoms with Crippen molar-refractivity contribution in [1.82, 2.24) is 79.4 Å². The third-order valence-corrected chi connectivity index (χ3v) is 20.4. The molecule has 0 spiro atoms. The van der Waals surface area contributed by atoms with Gasteiger partial charge in [-0.15, -0.1) is 0 Å². The van der Waals surface area contributed by atoms with Crippen LogP contribution in [-0.4, -0.2) is 235 Å². The highest BCUT2D eigenvalue weighted by Gasteiger charge is 2.39. The third-order valence-electron chi connectivity index (χ3n) is 20.4. The summed E-state index contributed by atoms with van der Waals surface area (Å²) in [5, 5.41) is 101. The number of unbranched alkanes of at least 4 members (excludes halogenated alkanes) is 12. The Balaban J connectivity index is 1.56. The number of aliphatic hydroxyl groups is 2. The number of guanidine groups is 2. The number of nitrogens with two attached hydrogens (primary N) is 4. The van der Waals surface area contributed by atoms with Gasteiger partial charge in [0.15, 0.2) is 11.9 Å². The lowest BCUT2D eigenvalue weighted by atomic mass is 10.00. The van der Waals surface area contributed by atoms with Crippen molar-refractivity contribution in [3.63, 3.8) is 0 Å². The number of aromatic hydroxyl groups is 1. The molecular weight excluding hydrogens is 1640 g/mol. The number of nitrogens with one attached hydrogen (secondary N) is 17. The third kappa shape index (κ3) is 39.7. The van der Waals surface area contributed by atoms with E-state index in [1.54, 1.807) is 68.4 Å². The Hall–Kier alpha value is -13.0. The van der Waals surface area contributed by atoms with Gasteiger partial charge in [-0.2, -0.15) is 0 Å². The first kappa shape index (κ1) is 105. The minimum absolute atomic E-state index is 0.0127. The van der Waals surface area contributed by atoms with Gasteiger partial charge in [0.1, 0.15) is 78.3 Å². The minimum atomic E-state index is -2.12. The van der Waals surface area contributed by atoms with Crippen LogP contribution in [0.1, 0.15) is 186 Å². The molecule has 1 aromatic heterocycles. The zero-order valence-corrected chi connectivity index (χ0v) is 71.8. The van der Waals surface area contributed by atoms with Gasteiger partial charge in [0.05, 0.1) is 32.0 Å². The van der Waals surface area contributed by atoms with Crippen molar-refractivity contribution in [1.29, 1.82) is 10.8 Å². The summed E-state index contributed by atoms with van der Waals surface area (Å²) in [6, 6.07) is -0.566. The average molecular weight is 1770 g/mol. The topological polar surface area (TPSA) is 710 Å². The van der Waals surface area contributed by atoms with Gasteiger partial charge in [0.25, 0.3) is 0 Å². The zero-order valence-electron chi connectivity index (χ0n) is 71.8. The van der Waals surface area contributed by atoms with Crippen molar-refractivity contribution in [2.75, 3.05) is 19.7 Å². The molecule has 0 unspecified atom stereocenters. The van der Waals surface area contributed by atoms with Crippen molar-refractivity contribution < 1.29 is 102 Å². The largest absolute Gasteiger partial charge is 0.508 e. The highest BCUT2D eigenvalue weighted by Crippen LogP contribution is 2.21. The molecule has 0 bridgehead atoms. The Kier molecular flexibility index (Phi) is 46.8. The number of hydrogen-bond donors (Lipinski definition) is 26. The highest BCUT2D eigenvalue weighted by atomic mass is 16.4. The van der Waals surface area contributed by atoms with Crippen molar-refractivity contribution in [3.8, 4) is 5.75 Å². The van der Waals surface area contributed by atoms with Crippen LogP contribution in [-0.2, 0) is 96.0 Å². The van der Waals surface area contributed by atoms with E-state index >= 15 is 0 Å². The molecular formula is C84H127N21O21. The van der Waals surface area contributed by atoms with Crippen LogP contribution in [0.3, 0.4) is 0 Å². The number of aliphatic hydroxyl groups excluding tert-OH is 2. The molecule has 42 nitrogen and oxygen atoms in total. The number of phenols is 1. The first-order valence-corrected chi connectivity index (χ1v) is 42.3. The number of aromatic amines is 1. The number of carboxylic acids is 2. The summed E-state index contributed by atoms with van der Waals surface area (Å²) < 4.78 is 0. The van der Waals surface area contributed by atoms with Crippen LogP contribution in [0.15, 0.2) is 85.1 Å². The lowest BCUT2D eigenvalue weighted by Gasteiger charge is -2.28. The van der Waals surface area contributed by atoms with E-state index < -0.39 is 230 Å². The number of para-hydroxylation sites is 1. The van der Waals surface area contributed by atoms with Crippen LogP contribution in [0.5, 0.6) is 5.75 Å². The summed E-state index contributed by atoms with van der Waals surface area (Å²) in [6.07, 6.45) is 9.49. The molecule has 1 heterocycles. The van der Waals surface area contributed by atoms with Gasteiger partial charge >= 0.3 is 11.9 Å². The maximum atomic E-state index is 15.0. The van der Waals surface area contributed by atoms with Crippen LogP contribution < -0.4 is 97.4 Å². The molecule has 4 rings (SSSR count). The Morgan fingerprint density at radius 2 is 0.802 bits per heavy atom. The van der Waals surface area contributed by atoms with E-state index in [0.717, 1.165) is 32.1 Å². The first-order valence-electron chi connectivity index (χ1n) is 42.3. The molecule has 0 saturated heterocycles. The van der Waals surface area contributed by atoms with E-state index in [4.69, 9.17) is 33.8 Å². The molecule has 0 saturated carbocycles. The van der Waals surface area contributed by atoms with E-state index in [2.05, 4.69) is 86.3 Å². The molecule has 42 heteroatoms. The van der Waals surface area contributed by atoms with Crippen LogP contribution in [0, 0.1) is 16.7 Å². The van der Waals surface area contributed by atoms with E-state index in [0.29, 0.717) is 34.0 Å². The molecule has 0 aliphatic carbocycles. The fraction of sp³-hybridized carbons (Fsp3) is 0.548. The number of hydrogen-bond acceptors (Lipinski definition) is 21. The molecule has 14 amide bonds. The molecule has 0 aliphatic heterocycles. The SMILES string of the molecule is CCCCCCCCCCCCCCCC(=O)N[C@H](C(=O)N[C@@H](Cc1ccccc1)C(=O)N[C@H](C(=O)N[C@@H](C)C(=O)N[C@@H](CC(=O)O)C(=O)N[C@@H](Cc1c[nH]c2ccccc12)C(=O)N[C@@H](CCCNC(=N)N)C(=O)N[C@@H](CC(N)=O)C(=O)N[C@@H](CO)C(=O)N[C@@H](CC(N)=O)C(=O)N[C@@H](CCCNC(=N)N)C(=O)N[C@@H](Cc1ccc(O)cc1)C(=O)O)C(C)C)[C@@H](C)O. The van der Waals surface area contributed by atoms with Crippen molar-refractivity contribution in [2.45, 2.75) is 267 Å². The number of amides is 14. The number of H-pyrrole nitrogens is 1. The Labute approximate surface area is 730 Å². The highest BCUT2D eigenvalue weighted by molar-refractivity contribution is 6.02. The molecule has 4 aromatic rings. The number of aliphatic carboxylic acids is 2. The maximum Gasteiger partial charge on any atom is 0.326 e. The Bertz CT molecular complexity index is 4300. The molecule has 3 aromatic carbocycles. The lowest BCUT2D eigenvalue weighted by Crippen LogP contribution is -2.62. The monoisotopic (exact) mass is 1770 g/mol. The number of rotatable bonds is 61. The number of phenolic OH excluding ortho intramolecular Hbond substituents is 1. The molecule has 0 radical (unpaired) electrons. The fourth-order valence-electron chi connectivity index (χ4n) is 13.4. The molecule has 13 atom stereocenters. The van der Waals surface area contributed by atoms with Crippen molar-refractivity contribution in [3.05, 3.63) is 102 Å². The Morgan fingerprint density at radius 3 is 1.29 bits per heavy atom. The summed E-state index contributed by atoms with van der Waals surface area (Å²) in [5.74, 6) is -20.8. The number of aromatic nitrogens is 1. The average Bonchev–Trinajstić information content (AvgIpc) is 1.66. The van der Waals surface area contributed by atoms with Gasteiger partial charge in [0, 0.05) is 55.9 Å². The van der Waals surface area contributed by atoms with Gasteiger partial charge in [0.2, 0.25) is 82.7 Å². The van der Waals surface area contributed by atoms with Crippen molar-refractivity contribution >= 4 is 117 Å². The smallest absolute Gasteiger partial charge is 0.326 e. The summed E-state index contributed by atoms with van der Waals surface area (Å²) in [4.78, 5) is 224. The summed E-state index contributed by atoms with van der Waals surface area (Å²) in [7, 11) is 0. The zero-order chi connectivity index (χ0) is 93.5. The molecule has 30 N–H and O–H groups in total.